The number of carboxylic acids is 1. The highest BCUT2D eigenvalue weighted by Crippen LogP contribution is 2.22. The largest absolute Gasteiger partial charge is 0.479 e. The van der Waals surface area contributed by atoms with Crippen LogP contribution in [0.1, 0.15) is 48.3 Å². The summed E-state index contributed by atoms with van der Waals surface area (Å²) in [5.74, 6) is -2.14. The molecule has 1 unspecified atom stereocenters. The summed E-state index contributed by atoms with van der Waals surface area (Å²) in [5, 5.41) is 14.2. The molecule has 1 atom stereocenters. The molecule has 0 aliphatic heterocycles. The van der Waals surface area contributed by atoms with Crippen molar-refractivity contribution in [3.63, 3.8) is 0 Å². The van der Waals surface area contributed by atoms with Gasteiger partial charge in [-0.3, -0.25) is 9.59 Å². The Balaban J connectivity index is 1.94. The van der Waals surface area contributed by atoms with Gasteiger partial charge < -0.3 is 15.7 Å². The molecule has 0 radical (unpaired) electrons. The average molecular weight is 368 g/mol. The Hall–Kier alpha value is -3.15. The third-order valence-corrected chi connectivity index (χ3v) is 4.11. The molecular formula is C21H24N2O4. The zero-order valence-electron chi connectivity index (χ0n) is 15.7. The summed E-state index contributed by atoms with van der Waals surface area (Å²) in [6, 6.07) is 14.4. The Labute approximate surface area is 158 Å². The molecule has 2 aromatic carbocycles. The zero-order chi connectivity index (χ0) is 20.0. The van der Waals surface area contributed by atoms with Gasteiger partial charge >= 0.3 is 5.97 Å². The van der Waals surface area contributed by atoms with Gasteiger partial charge in [-0.2, -0.15) is 0 Å². The lowest BCUT2D eigenvalue weighted by atomic mass is 9.87. The number of hydrogen-bond acceptors (Lipinski definition) is 3. The molecule has 0 bridgehead atoms. The van der Waals surface area contributed by atoms with Crippen molar-refractivity contribution in [3.8, 4) is 0 Å². The smallest absolute Gasteiger partial charge is 0.330 e. The molecule has 0 aromatic heterocycles. The molecule has 0 heterocycles. The lowest BCUT2D eigenvalue weighted by Gasteiger charge is -2.19. The molecule has 0 fully saturated rings. The topological polar surface area (TPSA) is 95.5 Å². The van der Waals surface area contributed by atoms with E-state index in [1.807, 2.05) is 12.1 Å². The first kappa shape index (κ1) is 20.2. The van der Waals surface area contributed by atoms with Crippen molar-refractivity contribution in [2.24, 2.45) is 0 Å². The van der Waals surface area contributed by atoms with Gasteiger partial charge in [0.25, 0.3) is 5.91 Å². The van der Waals surface area contributed by atoms with Crippen LogP contribution >= 0.6 is 0 Å². The first-order valence-electron chi connectivity index (χ1n) is 8.64. The summed E-state index contributed by atoms with van der Waals surface area (Å²) >= 11 is 0. The van der Waals surface area contributed by atoms with Crippen LogP contribution in [-0.2, 0) is 15.0 Å². The average Bonchev–Trinajstić information content (AvgIpc) is 2.64. The molecule has 3 N–H and O–H groups in total. The highest BCUT2D eigenvalue weighted by molar-refractivity contribution is 5.97. The Morgan fingerprint density at radius 1 is 0.963 bits per heavy atom. The maximum atomic E-state index is 12.2. The Morgan fingerprint density at radius 3 is 2.07 bits per heavy atom. The van der Waals surface area contributed by atoms with Crippen molar-refractivity contribution in [3.05, 3.63) is 71.3 Å². The van der Waals surface area contributed by atoms with Crippen LogP contribution in [0.25, 0.3) is 0 Å². The van der Waals surface area contributed by atoms with E-state index in [-0.39, 0.29) is 12.0 Å². The standard InChI is InChI=1S/C21H24N2O4/c1-21(2,3)16-11-9-15(10-12-16)19(25)22-13-17(24)23-18(20(26)27)14-7-5-4-6-8-14/h4-12,18H,13H2,1-3H3,(H,22,25)(H,23,24)(H,26,27). The molecule has 0 saturated heterocycles. The second-order valence-electron chi connectivity index (χ2n) is 7.26. The number of nitrogens with one attached hydrogen (secondary N) is 2. The summed E-state index contributed by atoms with van der Waals surface area (Å²) in [6.45, 7) is 5.94. The molecule has 0 spiro atoms. The Kier molecular flexibility index (Phi) is 6.34. The number of hydrogen-bond donors (Lipinski definition) is 3. The van der Waals surface area contributed by atoms with Crippen LogP contribution in [0.5, 0.6) is 0 Å². The lowest BCUT2D eigenvalue weighted by molar-refractivity contribution is -0.141. The molecule has 6 nitrogen and oxygen atoms in total. The van der Waals surface area contributed by atoms with Crippen molar-refractivity contribution in [2.45, 2.75) is 32.2 Å². The summed E-state index contributed by atoms with van der Waals surface area (Å²) in [5.41, 5.74) is 1.98. The van der Waals surface area contributed by atoms with E-state index in [4.69, 9.17) is 0 Å². The van der Waals surface area contributed by atoms with Gasteiger partial charge in [0.1, 0.15) is 0 Å². The second kappa shape index (κ2) is 8.49. The van der Waals surface area contributed by atoms with Crippen LogP contribution in [-0.4, -0.2) is 29.4 Å². The third kappa shape index (κ3) is 5.67. The number of aliphatic carboxylic acids is 1. The van der Waals surface area contributed by atoms with Crippen LogP contribution in [0.15, 0.2) is 54.6 Å². The van der Waals surface area contributed by atoms with Gasteiger partial charge in [-0.15, -0.1) is 0 Å². The van der Waals surface area contributed by atoms with Crippen molar-refractivity contribution in [2.75, 3.05) is 6.54 Å². The van der Waals surface area contributed by atoms with E-state index in [1.54, 1.807) is 42.5 Å². The molecule has 2 rings (SSSR count). The maximum absolute atomic E-state index is 12.2. The number of rotatable bonds is 6. The van der Waals surface area contributed by atoms with Gasteiger partial charge in [-0.25, -0.2) is 4.79 Å². The predicted molar refractivity (Wildman–Crippen MR) is 102 cm³/mol. The fourth-order valence-corrected chi connectivity index (χ4v) is 2.53. The van der Waals surface area contributed by atoms with Crippen molar-refractivity contribution in [1.82, 2.24) is 10.6 Å². The van der Waals surface area contributed by atoms with E-state index in [9.17, 15) is 19.5 Å². The van der Waals surface area contributed by atoms with Gasteiger partial charge in [0.15, 0.2) is 6.04 Å². The summed E-state index contributed by atoms with van der Waals surface area (Å²) in [6.07, 6.45) is 0. The quantitative estimate of drug-likeness (QED) is 0.730. The molecule has 6 heteroatoms. The molecule has 2 aromatic rings. The van der Waals surface area contributed by atoms with Crippen LogP contribution in [0, 0.1) is 0 Å². The minimum Gasteiger partial charge on any atom is -0.479 e. The maximum Gasteiger partial charge on any atom is 0.330 e. The lowest BCUT2D eigenvalue weighted by Crippen LogP contribution is -2.41. The van der Waals surface area contributed by atoms with Crippen LogP contribution in [0.4, 0.5) is 0 Å². The monoisotopic (exact) mass is 368 g/mol. The van der Waals surface area contributed by atoms with E-state index < -0.39 is 23.8 Å². The molecule has 0 aliphatic carbocycles. The van der Waals surface area contributed by atoms with Crippen molar-refractivity contribution < 1.29 is 19.5 Å². The Bertz CT molecular complexity index is 808. The van der Waals surface area contributed by atoms with Gasteiger partial charge in [0.2, 0.25) is 5.91 Å². The van der Waals surface area contributed by atoms with Crippen molar-refractivity contribution in [1.29, 1.82) is 0 Å². The molecule has 27 heavy (non-hydrogen) atoms. The summed E-state index contributed by atoms with van der Waals surface area (Å²) in [4.78, 5) is 35.7. The highest BCUT2D eigenvalue weighted by atomic mass is 16.4. The number of carbonyl (C=O) groups excluding carboxylic acids is 2. The zero-order valence-corrected chi connectivity index (χ0v) is 15.7. The number of amides is 2. The normalized spacial score (nSPS) is 12.1. The molecule has 142 valence electrons. The number of carbonyl (C=O) groups is 3. The second-order valence-corrected chi connectivity index (χ2v) is 7.26. The summed E-state index contributed by atoms with van der Waals surface area (Å²) < 4.78 is 0. The summed E-state index contributed by atoms with van der Waals surface area (Å²) in [7, 11) is 0. The van der Waals surface area contributed by atoms with Crippen LogP contribution in [0.3, 0.4) is 0 Å². The third-order valence-electron chi connectivity index (χ3n) is 4.11. The van der Waals surface area contributed by atoms with Crippen molar-refractivity contribution >= 4 is 17.8 Å². The predicted octanol–water partition coefficient (Wildman–Crippen LogP) is 2.66. The van der Waals surface area contributed by atoms with E-state index in [0.717, 1.165) is 5.56 Å². The number of carboxylic acid groups (broad SMARTS) is 1. The first-order chi connectivity index (χ1) is 12.7. The van der Waals surface area contributed by atoms with Gasteiger partial charge in [-0.05, 0) is 28.7 Å². The van der Waals surface area contributed by atoms with Gasteiger partial charge in [-0.1, -0.05) is 63.2 Å². The Morgan fingerprint density at radius 2 is 1.56 bits per heavy atom. The molecule has 0 aliphatic rings. The highest BCUT2D eigenvalue weighted by Gasteiger charge is 2.22. The van der Waals surface area contributed by atoms with E-state index in [1.165, 1.54) is 0 Å². The molecule has 2 amide bonds. The van der Waals surface area contributed by atoms with Crippen LogP contribution < -0.4 is 10.6 Å². The van der Waals surface area contributed by atoms with Crippen LogP contribution in [0.2, 0.25) is 0 Å². The van der Waals surface area contributed by atoms with E-state index >= 15 is 0 Å². The van der Waals surface area contributed by atoms with E-state index in [0.29, 0.717) is 11.1 Å². The minimum absolute atomic E-state index is 0.0157. The first-order valence-corrected chi connectivity index (χ1v) is 8.64. The number of benzene rings is 2. The fraction of sp³-hybridized carbons (Fsp3) is 0.286. The van der Waals surface area contributed by atoms with Gasteiger partial charge in [0, 0.05) is 5.56 Å². The molecule has 0 saturated carbocycles. The van der Waals surface area contributed by atoms with Gasteiger partial charge in [0.05, 0.1) is 6.54 Å². The van der Waals surface area contributed by atoms with E-state index in [2.05, 4.69) is 31.4 Å². The minimum atomic E-state index is -1.17. The molecular weight excluding hydrogens is 344 g/mol. The fourth-order valence-electron chi connectivity index (χ4n) is 2.53. The SMILES string of the molecule is CC(C)(C)c1ccc(C(=O)NCC(=O)NC(C(=O)O)c2ccccc2)cc1.